The third-order valence-electron chi connectivity index (χ3n) is 4.99. The zero-order chi connectivity index (χ0) is 17.1. The molecule has 0 saturated carbocycles. The predicted octanol–water partition coefficient (Wildman–Crippen LogP) is 3.79. The number of carbonyl (C=O) groups excluding carboxylic acids is 1. The van der Waals surface area contributed by atoms with Gasteiger partial charge in [-0.05, 0) is 49.2 Å². The van der Waals surface area contributed by atoms with Crippen LogP contribution in [0.15, 0.2) is 42.5 Å². The van der Waals surface area contributed by atoms with Crippen LogP contribution in [-0.2, 0) is 6.54 Å². The number of anilines is 1. The second-order valence-electron chi connectivity index (χ2n) is 6.74. The van der Waals surface area contributed by atoms with E-state index in [9.17, 15) is 4.79 Å². The van der Waals surface area contributed by atoms with E-state index in [1.165, 1.54) is 11.1 Å². The van der Waals surface area contributed by atoms with Crippen molar-refractivity contribution in [1.82, 2.24) is 14.5 Å². The Bertz CT molecular complexity index is 1150. The molecular formula is C20H18N4O. The maximum absolute atomic E-state index is 13.1. The molecule has 0 aliphatic carbocycles. The van der Waals surface area contributed by atoms with E-state index in [2.05, 4.69) is 46.6 Å². The summed E-state index contributed by atoms with van der Waals surface area (Å²) in [6.45, 7) is 5.57. The first-order valence-electron chi connectivity index (χ1n) is 8.49. The minimum Gasteiger partial charge on any atom is -0.350 e. The lowest BCUT2D eigenvalue weighted by atomic mass is 10.1. The van der Waals surface area contributed by atoms with Crippen LogP contribution in [-0.4, -0.2) is 27.0 Å². The van der Waals surface area contributed by atoms with Gasteiger partial charge in [-0.25, -0.2) is 4.98 Å². The van der Waals surface area contributed by atoms with E-state index < -0.39 is 0 Å². The second-order valence-corrected chi connectivity index (χ2v) is 6.74. The van der Waals surface area contributed by atoms with Crippen molar-refractivity contribution in [2.24, 2.45) is 0 Å². The van der Waals surface area contributed by atoms with Crippen LogP contribution in [0.4, 0.5) is 5.95 Å². The number of imidazole rings is 1. The molecule has 0 bridgehead atoms. The van der Waals surface area contributed by atoms with Gasteiger partial charge in [-0.1, -0.05) is 18.2 Å². The number of benzene rings is 2. The fraction of sp³-hybridized carbons (Fsp3) is 0.200. The second kappa shape index (κ2) is 4.96. The van der Waals surface area contributed by atoms with Crippen molar-refractivity contribution < 1.29 is 4.79 Å². The van der Waals surface area contributed by atoms with Crippen LogP contribution >= 0.6 is 0 Å². The van der Waals surface area contributed by atoms with E-state index in [1.807, 2.05) is 24.3 Å². The molecule has 2 aromatic heterocycles. The summed E-state index contributed by atoms with van der Waals surface area (Å²) in [5.41, 5.74) is 6.00. The van der Waals surface area contributed by atoms with E-state index in [-0.39, 0.29) is 5.91 Å². The zero-order valence-corrected chi connectivity index (χ0v) is 14.2. The number of aromatic amines is 1. The van der Waals surface area contributed by atoms with Crippen LogP contribution in [0.25, 0.3) is 21.9 Å². The fourth-order valence-corrected chi connectivity index (χ4v) is 3.84. The number of amides is 1. The van der Waals surface area contributed by atoms with Gasteiger partial charge in [-0.15, -0.1) is 0 Å². The Morgan fingerprint density at radius 2 is 1.96 bits per heavy atom. The molecule has 0 radical (unpaired) electrons. The summed E-state index contributed by atoms with van der Waals surface area (Å²) in [4.78, 5) is 22.8. The molecule has 5 nitrogen and oxygen atoms in total. The third-order valence-corrected chi connectivity index (χ3v) is 4.99. The maximum Gasteiger partial charge on any atom is 0.277 e. The normalized spacial score (nSPS) is 13.8. The highest BCUT2D eigenvalue weighted by Crippen LogP contribution is 2.29. The van der Waals surface area contributed by atoms with E-state index >= 15 is 0 Å². The van der Waals surface area contributed by atoms with Gasteiger partial charge in [-0.3, -0.25) is 9.69 Å². The lowest BCUT2D eigenvalue weighted by Gasteiger charge is -2.12. The van der Waals surface area contributed by atoms with E-state index in [1.54, 1.807) is 4.90 Å². The molecule has 5 heteroatoms. The summed E-state index contributed by atoms with van der Waals surface area (Å²) in [7, 11) is 0. The van der Waals surface area contributed by atoms with Crippen molar-refractivity contribution >= 4 is 33.8 Å². The van der Waals surface area contributed by atoms with Crippen LogP contribution in [0.3, 0.4) is 0 Å². The summed E-state index contributed by atoms with van der Waals surface area (Å²) in [5, 5.41) is 1.10. The first-order chi connectivity index (χ1) is 12.1. The molecule has 4 aromatic rings. The van der Waals surface area contributed by atoms with E-state index in [0.29, 0.717) is 12.2 Å². The fourth-order valence-electron chi connectivity index (χ4n) is 3.84. The Kier molecular flexibility index (Phi) is 2.83. The van der Waals surface area contributed by atoms with Gasteiger partial charge in [0.05, 0.1) is 11.0 Å². The summed E-state index contributed by atoms with van der Waals surface area (Å²) in [6.07, 6.45) is 0. The highest BCUT2D eigenvalue weighted by Gasteiger charge is 2.29. The number of nitrogens with zero attached hydrogens (tertiary/aromatic N) is 3. The number of fused-ring (bicyclic) bond motifs is 4. The molecule has 5 rings (SSSR count). The summed E-state index contributed by atoms with van der Waals surface area (Å²) >= 11 is 0. The van der Waals surface area contributed by atoms with Gasteiger partial charge in [0.2, 0.25) is 5.95 Å². The van der Waals surface area contributed by atoms with Crippen LogP contribution in [0, 0.1) is 13.8 Å². The minimum atomic E-state index is -0.0256. The standard InChI is InChI=1S/C20H18N4O/c1-12-9-13(2)14-11-17(21-16(14)10-12)19(25)24-8-7-23-18-6-4-3-5-15(18)22-20(23)24/h3-6,9-11,21H,7-8H2,1-2H3. The molecule has 0 saturated heterocycles. The largest absolute Gasteiger partial charge is 0.350 e. The predicted molar refractivity (Wildman–Crippen MR) is 99.2 cm³/mol. The summed E-state index contributed by atoms with van der Waals surface area (Å²) in [5.74, 6) is 0.708. The Morgan fingerprint density at radius 3 is 2.84 bits per heavy atom. The van der Waals surface area contributed by atoms with Gasteiger partial charge in [0.25, 0.3) is 5.91 Å². The van der Waals surface area contributed by atoms with Gasteiger partial charge >= 0.3 is 0 Å². The molecule has 2 aromatic carbocycles. The Balaban J connectivity index is 1.59. The number of aryl methyl sites for hydroxylation is 2. The quantitative estimate of drug-likeness (QED) is 0.577. The van der Waals surface area contributed by atoms with E-state index in [0.717, 1.165) is 34.4 Å². The van der Waals surface area contributed by atoms with Crippen molar-refractivity contribution in [3.63, 3.8) is 0 Å². The van der Waals surface area contributed by atoms with Crippen molar-refractivity contribution in [2.75, 3.05) is 11.4 Å². The first-order valence-corrected chi connectivity index (χ1v) is 8.49. The van der Waals surface area contributed by atoms with Gasteiger partial charge < -0.3 is 9.55 Å². The maximum atomic E-state index is 13.1. The number of rotatable bonds is 1. The van der Waals surface area contributed by atoms with Crippen molar-refractivity contribution in [3.8, 4) is 0 Å². The lowest BCUT2D eigenvalue weighted by molar-refractivity contribution is 0.0985. The zero-order valence-electron chi connectivity index (χ0n) is 14.2. The van der Waals surface area contributed by atoms with E-state index in [4.69, 9.17) is 0 Å². The van der Waals surface area contributed by atoms with Gasteiger partial charge in [0.1, 0.15) is 5.69 Å². The Labute approximate surface area is 144 Å². The molecule has 25 heavy (non-hydrogen) atoms. The molecule has 3 heterocycles. The third kappa shape index (κ3) is 2.02. The van der Waals surface area contributed by atoms with Crippen LogP contribution in [0.5, 0.6) is 0 Å². The van der Waals surface area contributed by atoms with Crippen LogP contribution < -0.4 is 4.90 Å². The molecule has 1 N–H and O–H groups in total. The molecule has 1 aliphatic rings. The van der Waals surface area contributed by atoms with Gasteiger partial charge in [0.15, 0.2) is 0 Å². The van der Waals surface area contributed by atoms with Crippen molar-refractivity contribution in [1.29, 1.82) is 0 Å². The first kappa shape index (κ1) is 14.3. The number of H-pyrrole nitrogens is 1. The molecule has 1 aliphatic heterocycles. The van der Waals surface area contributed by atoms with Gasteiger partial charge in [-0.2, -0.15) is 0 Å². The van der Waals surface area contributed by atoms with Crippen LogP contribution in [0.2, 0.25) is 0 Å². The summed E-state index contributed by atoms with van der Waals surface area (Å²) in [6, 6.07) is 14.2. The smallest absolute Gasteiger partial charge is 0.277 e. The average Bonchev–Trinajstić information content (AvgIpc) is 3.26. The molecule has 0 atom stereocenters. The van der Waals surface area contributed by atoms with Gasteiger partial charge in [0, 0.05) is 24.0 Å². The Hall–Kier alpha value is -3.08. The number of hydrogen-bond donors (Lipinski definition) is 1. The van der Waals surface area contributed by atoms with Crippen molar-refractivity contribution in [3.05, 3.63) is 59.3 Å². The molecule has 0 unspecified atom stereocenters. The monoisotopic (exact) mass is 330 g/mol. The molecule has 0 spiro atoms. The van der Waals surface area contributed by atoms with Crippen molar-refractivity contribution in [2.45, 2.75) is 20.4 Å². The minimum absolute atomic E-state index is 0.0256. The SMILES string of the molecule is Cc1cc(C)c2cc(C(=O)N3CCn4c3nc3ccccc34)[nH]c2c1. The number of carbonyl (C=O) groups is 1. The number of aromatic nitrogens is 3. The average molecular weight is 330 g/mol. The van der Waals surface area contributed by atoms with Crippen LogP contribution in [0.1, 0.15) is 21.6 Å². The lowest BCUT2D eigenvalue weighted by Crippen LogP contribution is -2.29. The molecule has 0 fully saturated rings. The molecular weight excluding hydrogens is 312 g/mol. The molecule has 124 valence electrons. The Morgan fingerprint density at radius 1 is 1.12 bits per heavy atom. The number of nitrogens with one attached hydrogen (secondary N) is 1. The molecule has 1 amide bonds. The topological polar surface area (TPSA) is 53.9 Å². The number of hydrogen-bond acceptors (Lipinski definition) is 2. The highest BCUT2D eigenvalue weighted by molar-refractivity contribution is 6.08. The highest BCUT2D eigenvalue weighted by atomic mass is 16.2. The summed E-state index contributed by atoms with van der Waals surface area (Å²) < 4.78 is 2.12. The number of para-hydroxylation sites is 2.